The van der Waals surface area contributed by atoms with E-state index in [4.69, 9.17) is 0 Å². The number of imidazole rings is 1. The van der Waals surface area contributed by atoms with Crippen LogP contribution in [0.5, 0.6) is 0 Å². The van der Waals surface area contributed by atoms with Gasteiger partial charge in [-0.15, -0.1) is 0 Å². The summed E-state index contributed by atoms with van der Waals surface area (Å²) in [6, 6.07) is 9.61. The summed E-state index contributed by atoms with van der Waals surface area (Å²) in [6.45, 7) is 6.31. The predicted octanol–water partition coefficient (Wildman–Crippen LogP) is 2.04. The van der Waals surface area contributed by atoms with Gasteiger partial charge in [0, 0.05) is 19.3 Å². The van der Waals surface area contributed by atoms with Gasteiger partial charge in [0.1, 0.15) is 5.82 Å². The lowest BCUT2D eigenvalue weighted by atomic mass is 9.94. The summed E-state index contributed by atoms with van der Waals surface area (Å²) in [7, 11) is -3.67. The zero-order valence-electron chi connectivity index (χ0n) is 14.3. The molecule has 0 aliphatic rings. The van der Waals surface area contributed by atoms with Crippen molar-refractivity contribution in [3.8, 4) is 0 Å². The van der Waals surface area contributed by atoms with Crippen LogP contribution in [0.25, 0.3) is 0 Å². The molecule has 0 spiro atoms. The summed E-state index contributed by atoms with van der Waals surface area (Å²) in [5, 5.41) is 9.74. The smallest absolute Gasteiger partial charge is 0.259 e. The lowest BCUT2D eigenvalue weighted by Crippen LogP contribution is -2.30. The first-order chi connectivity index (χ1) is 11.3. The fraction of sp³-hybridized carbons (Fsp3) is 0.471. The van der Waals surface area contributed by atoms with Gasteiger partial charge in [-0.2, -0.15) is 0 Å². The highest BCUT2D eigenvalue weighted by Gasteiger charge is 2.22. The Balaban J connectivity index is 2.15. The average Bonchev–Trinajstić information content (AvgIpc) is 2.94. The van der Waals surface area contributed by atoms with E-state index in [0.29, 0.717) is 18.8 Å². The Labute approximate surface area is 143 Å². The summed E-state index contributed by atoms with van der Waals surface area (Å²) in [5.41, 5.74) is 0.997. The van der Waals surface area contributed by atoms with Gasteiger partial charge in [0.15, 0.2) is 5.03 Å². The van der Waals surface area contributed by atoms with Crippen LogP contribution in [0.15, 0.2) is 41.6 Å². The van der Waals surface area contributed by atoms with Gasteiger partial charge in [0.2, 0.25) is 0 Å². The van der Waals surface area contributed by atoms with Gasteiger partial charge in [-0.1, -0.05) is 30.3 Å². The Hall–Kier alpha value is -1.70. The van der Waals surface area contributed by atoms with E-state index in [9.17, 15) is 13.5 Å². The molecule has 7 heteroatoms. The van der Waals surface area contributed by atoms with E-state index in [1.54, 1.807) is 24.6 Å². The summed E-state index contributed by atoms with van der Waals surface area (Å²) < 4.78 is 29.4. The predicted molar refractivity (Wildman–Crippen MR) is 93.3 cm³/mol. The largest absolute Gasteiger partial charge is 0.393 e. The van der Waals surface area contributed by atoms with Crippen molar-refractivity contribution < 1.29 is 13.5 Å². The molecule has 0 saturated heterocycles. The van der Waals surface area contributed by atoms with E-state index in [0.717, 1.165) is 5.56 Å². The number of hydrogen-bond donors (Lipinski definition) is 2. The second-order valence-electron chi connectivity index (χ2n) is 5.96. The SMILES string of the molecule is CCn1cc(S(=O)(=O)NC[C@@H](C[C@@H](C)O)c2ccccc2)nc1C. The third-order valence-corrected chi connectivity index (χ3v) is 5.28. The second kappa shape index (κ2) is 7.92. The number of aromatic nitrogens is 2. The monoisotopic (exact) mass is 351 g/mol. The molecule has 1 aromatic carbocycles. The van der Waals surface area contributed by atoms with Crippen molar-refractivity contribution in [1.82, 2.24) is 14.3 Å². The van der Waals surface area contributed by atoms with Crippen LogP contribution in [0.4, 0.5) is 0 Å². The van der Waals surface area contributed by atoms with Crippen LogP contribution in [0, 0.1) is 6.92 Å². The Morgan fingerprint density at radius 1 is 1.29 bits per heavy atom. The van der Waals surface area contributed by atoms with E-state index in [1.807, 2.05) is 37.3 Å². The van der Waals surface area contributed by atoms with Crippen molar-refractivity contribution in [3.05, 3.63) is 47.9 Å². The molecule has 0 saturated carbocycles. The highest BCUT2D eigenvalue weighted by atomic mass is 32.2. The average molecular weight is 351 g/mol. The van der Waals surface area contributed by atoms with Crippen molar-refractivity contribution in [2.24, 2.45) is 0 Å². The van der Waals surface area contributed by atoms with Crippen molar-refractivity contribution in [2.75, 3.05) is 6.54 Å². The Kier molecular flexibility index (Phi) is 6.15. The number of nitrogens with zero attached hydrogens (tertiary/aromatic N) is 2. The quantitative estimate of drug-likeness (QED) is 0.762. The number of aliphatic hydroxyl groups excluding tert-OH is 1. The normalized spacial score (nSPS) is 14.5. The van der Waals surface area contributed by atoms with E-state index >= 15 is 0 Å². The zero-order chi connectivity index (χ0) is 17.7. The number of aryl methyl sites for hydroxylation is 2. The third-order valence-electron chi connectivity index (χ3n) is 3.99. The van der Waals surface area contributed by atoms with E-state index in [-0.39, 0.29) is 17.5 Å². The van der Waals surface area contributed by atoms with Crippen molar-refractivity contribution in [3.63, 3.8) is 0 Å². The molecule has 6 nitrogen and oxygen atoms in total. The van der Waals surface area contributed by atoms with Crippen LogP contribution >= 0.6 is 0 Å². The van der Waals surface area contributed by atoms with Crippen LogP contribution in [-0.2, 0) is 16.6 Å². The van der Waals surface area contributed by atoms with Crippen LogP contribution in [0.3, 0.4) is 0 Å². The molecule has 2 N–H and O–H groups in total. The molecular weight excluding hydrogens is 326 g/mol. The van der Waals surface area contributed by atoms with Gasteiger partial charge in [-0.25, -0.2) is 18.1 Å². The zero-order valence-corrected chi connectivity index (χ0v) is 15.1. The summed E-state index contributed by atoms with van der Waals surface area (Å²) >= 11 is 0. The summed E-state index contributed by atoms with van der Waals surface area (Å²) in [6.07, 6.45) is 1.51. The van der Waals surface area contributed by atoms with Crippen LogP contribution < -0.4 is 4.72 Å². The Morgan fingerprint density at radius 2 is 1.96 bits per heavy atom. The van der Waals surface area contributed by atoms with Gasteiger partial charge < -0.3 is 9.67 Å². The number of rotatable bonds is 8. The van der Waals surface area contributed by atoms with E-state index in [1.165, 1.54) is 0 Å². The molecule has 0 bridgehead atoms. The minimum atomic E-state index is -3.67. The molecule has 2 atom stereocenters. The van der Waals surface area contributed by atoms with E-state index < -0.39 is 16.1 Å². The van der Waals surface area contributed by atoms with Crippen LogP contribution in [0.1, 0.15) is 37.6 Å². The molecule has 1 heterocycles. The lowest BCUT2D eigenvalue weighted by molar-refractivity contribution is 0.174. The van der Waals surface area contributed by atoms with Gasteiger partial charge in [0.25, 0.3) is 10.0 Å². The van der Waals surface area contributed by atoms with Gasteiger partial charge in [-0.05, 0) is 38.7 Å². The minimum Gasteiger partial charge on any atom is -0.393 e. The number of nitrogens with one attached hydrogen (secondary N) is 1. The third kappa shape index (κ3) is 4.66. The first-order valence-corrected chi connectivity index (χ1v) is 9.58. The van der Waals surface area contributed by atoms with Gasteiger partial charge in [-0.3, -0.25) is 0 Å². The molecule has 2 aromatic rings. The van der Waals surface area contributed by atoms with Crippen molar-refractivity contribution in [2.45, 2.75) is 50.8 Å². The number of aliphatic hydroxyl groups is 1. The van der Waals surface area contributed by atoms with Crippen molar-refractivity contribution in [1.29, 1.82) is 0 Å². The molecule has 132 valence electrons. The van der Waals surface area contributed by atoms with Gasteiger partial charge in [0.05, 0.1) is 6.10 Å². The lowest BCUT2D eigenvalue weighted by Gasteiger charge is -2.19. The molecule has 0 aliphatic carbocycles. The molecule has 0 amide bonds. The highest BCUT2D eigenvalue weighted by molar-refractivity contribution is 7.89. The maximum atomic E-state index is 12.5. The molecule has 0 radical (unpaired) electrons. The maximum absolute atomic E-state index is 12.5. The van der Waals surface area contributed by atoms with Crippen LogP contribution in [0.2, 0.25) is 0 Å². The number of benzene rings is 1. The second-order valence-corrected chi connectivity index (χ2v) is 7.67. The molecule has 2 rings (SSSR count). The Bertz CT molecular complexity index is 755. The summed E-state index contributed by atoms with van der Waals surface area (Å²) in [5.74, 6) is 0.566. The fourth-order valence-corrected chi connectivity index (χ4v) is 3.77. The number of sulfonamides is 1. The Morgan fingerprint density at radius 3 is 2.50 bits per heavy atom. The van der Waals surface area contributed by atoms with Gasteiger partial charge >= 0.3 is 0 Å². The van der Waals surface area contributed by atoms with Crippen LogP contribution in [-0.4, -0.2) is 35.7 Å². The molecule has 1 aromatic heterocycles. The first-order valence-electron chi connectivity index (χ1n) is 8.10. The maximum Gasteiger partial charge on any atom is 0.259 e. The van der Waals surface area contributed by atoms with E-state index in [2.05, 4.69) is 9.71 Å². The molecule has 0 aliphatic heterocycles. The van der Waals surface area contributed by atoms with Crippen molar-refractivity contribution >= 4 is 10.0 Å². The molecule has 0 fully saturated rings. The fourth-order valence-electron chi connectivity index (χ4n) is 2.69. The summed E-state index contributed by atoms with van der Waals surface area (Å²) in [4.78, 5) is 4.13. The standard InChI is InChI=1S/C17H25N3O3S/c1-4-20-12-17(19-14(20)3)24(22,23)18-11-16(10-13(2)21)15-8-6-5-7-9-15/h5-9,12-13,16,18,21H,4,10-11H2,1-3H3/t13-,16-/m1/s1. The molecule has 24 heavy (non-hydrogen) atoms. The first kappa shape index (κ1) is 18.6. The topological polar surface area (TPSA) is 84.2 Å². The highest BCUT2D eigenvalue weighted by Crippen LogP contribution is 2.21. The minimum absolute atomic E-state index is 0.0331. The molecule has 0 unspecified atom stereocenters. The number of hydrogen-bond acceptors (Lipinski definition) is 4. The molecular formula is C17H25N3O3S.